The van der Waals surface area contributed by atoms with Crippen LogP contribution in [0.5, 0.6) is 0 Å². The molecule has 0 aliphatic heterocycles. The summed E-state index contributed by atoms with van der Waals surface area (Å²) in [5, 5.41) is 8.41. The molecule has 0 heterocycles. The van der Waals surface area contributed by atoms with Crippen molar-refractivity contribution in [3.63, 3.8) is 0 Å². The Bertz CT molecular complexity index is 338. The molecule has 0 saturated carbocycles. The second-order valence-corrected chi connectivity index (χ2v) is 2.50. The van der Waals surface area contributed by atoms with Crippen LogP contribution >= 0.6 is 11.6 Å². The average Bonchev–Trinajstić information content (AvgIpc) is 2.07. The molecule has 1 rings (SSSR count). The van der Waals surface area contributed by atoms with Crippen LogP contribution in [0.1, 0.15) is 5.56 Å². The lowest BCUT2D eigenvalue weighted by Crippen LogP contribution is -1.80. The van der Waals surface area contributed by atoms with Gasteiger partial charge >= 0.3 is 0 Å². The third-order valence-corrected chi connectivity index (χ3v) is 1.52. The molecule has 0 radical (unpaired) electrons. The van der Waals surface area contributed by atoms with E-state index in [1.807, 2.05) is 0 Å². The summed E-state index contributed by atoms with van der Waals surface area (Å²) < 4.78 is 12.6. The molecule has 1 aromatic rings. The molecule has 0 unspecified atom stereocenters. The topological polar surface area (TPSA) is 20.2 Å². The fourth-order valence-electron chi connectivity index (χ4n) is 0.715. The molecule has 12 heavy (non-hydrogen) atoms. The Balaban J connectivity index is 2.97. The van der Waals surface area contributed by atoms with Gasteiger partial charge in [0.1, 0.15) is 12.4 Å². The molecular weight excluding hydrogens is 179 g/mol. The summed E-state index contributed by atoms with van der Waals surface area (Å²) >= 11 is 5.49. The second kappa shape index (κ2) is 4.10. The van der Waals surface area contributed by atoms with Crippen LogP contribution in [0.2, 0.25) is 5.02 Å². The minimum absolute atomic E-state index is 0.0414. The summed E-state index contributed by atoms with van der Waals surface area (Å²) in [6.45, 7) is -0.213. The quantitative estimate of drug-likeness (QED) is 0.610. The maximum absolute atomic E-state index is 12.6. The highest BCUT2D eigenvalue weighted by Gasteiger charge is 1.97. The van der Waals surface area contributed by atoms with Gasteiger partial charge in [0.2, 0.25) is 0 Å². The van der Waals surface area contributed by atoms with E-state index in [4.69, 9.17) is 16.7 Å². The molecule has 0 bridgehead atoms. The number of halogens is 2. The molecular formula is C9H6ClFO. The minimum Gasteiger partial charge on any atom is -0.384 e. The molecule has 0 aliphatic carbocycles. The number of rotatable bonds is 0. The maximum atomic E-state index is 12.6. The number of benzene rings is 1. The van der Waals surface area contributed by atoms with E-state index in [1.54, 1.807) is 0 Å². The zero-order chi connectivity index (χ0) is 8.97. The monoisotopic (exact) mass is 184 g/mol. The molecule has 3 heteroatoms. The summed E-state index contributed by atoms with van der Waals surface area (Å²) in [4.78, 5) is 0. The summed E-state index contributed by atoms with van der Waals surface area (Å²) in [6.07, 6.45) is 0. The SMILES string of the molecule is OCC#Cc1ccc(F)c(Cl)c1. The number of aliphatic hydroxyl groups excluding tert-OH is 1. The van der Waals surface area contributed by atoms with E-state index >= 15 is 0 Å². The van der Waals surface area contributed by atoms with Crippen molar-refractivity contribution in [3.8, 4) is 11.8 Å². The molecule has 0 atom stereocenters. The van der Waals surface area contributed by atoms with Crippen molar-refractivity contribution >= 4 is 11.6 Å². The lowest BCUT2D eigenvalue weighted by atomic mass is 10.2. The van der Waals surface area contributed by atoms with Crippen molar-refractivity contribution in [3.05, 3.63) is 34.6 Å². The Morgan fingerprint density at radius 1 is 1.50 bits per heavy atom. The van der Waals surface area contributed by atoms with Gasteiger partial charge in [-0.3, -0.25) is 0 Å². The summed E-state index contributed by atoms with van der Waals surface area (Å²) in [5.74, 6) is 4.58. The molecule has 0 amide bonds. The fourth-order valence-corrected chi connectivity index (χ4v) is 0.896. The Hall–Kier alpha value is -1.04. The maximum Gasteiger partial charge on any atom is 0.141 e. The molecule has 1 aromatic carbocycles. The first-order valence-electron chi connectivity index (χ1n) is 3.29. The van der Waals surface area contributed by atoms with E-state index < -0.39 is 5.82 Å². The normalized spacial score (nSPS) is 8.92. The summed E-state index contributed by atoms with van der Waals surface area (Å²) in [5.41, 5.74) is 0.593. The van der Waals surface area contributed by atoms with Gasteiger partial charge in [-0.15, -0.1) is 0 Å². The smallest absolute Gasteiger partial charge is 0.141 e. The summed E-state index contributed by atoms with van der Waals surface area (Å²) in [6, 6.07) is 4.16. The Morgan fingerprint density at radius 2 is 2.25 bits per heavy atom. The molecule has 1 N–H and O–H groups in total. The van der Waals surface area contributed by atoms with E-state index in [0.29, 0.717) is 5.56 Å². The van der Waals surface area contributed by atoms with Crippen LogP contribution in [-0.4, -0.2) is 11.7 Å². The van der Waals surface area contributed by atoms with Crippen molar-refractivity contribution in [1.82, 2.24) is 0 Å². The van der Waals surface area contributed by atoms with Crippen LogP contribution in [0.15, 0.2) is 18.2 Å². The highest BCUT2D eigenvalue weighted by atomic mass is 35.5. The van der Waals surface area contributed by atoms with E-state index in [1.165, 1.54) is 18.2 Å². The standard InChI is InChI=1S/C9H6ClFO/c10-8-6-7(2-1-5-12)3-4-9(8)11/h3-4,6,12H,5H2. The first-order chi connectivity index (χ1) is 5.74. The van der Waals surface area contributed by atoms with Gasteiger partial charge in [0.15, 0.2) is 0 Å². The van der Waals surface area contributed by atoms with E-state index in [0.717, 1.165) is 0 Å². The van der Waals surface area contributed by atoms with Gasteiger partial charge in [0, 0.05) is 5.56 Å². The van der Waals surface area contributed by atoms with Gasteiger partial charge in [-0.2, -0.15) is 0 Å². The van der Waals surface area contributed by atoms with Crippen molar-refractivity contribution < 1.29 is 9.50 Å². The predicted octanol–water partition coefficient (Wildman–Crippen LogP) is 1.82. The third-order valence-electron chi connectivity index (χ3n) is 1.23. The summed E-state index contributed by atoms with van der Waals surface area (Å²) in [7, 11) is 0. The van der Waals surface area contributed by atoms with Gasteiger partial charge in [0.25, 0.3) is 0 Å². The van der Waals surface area contributed by atoms with Crippen LogP contribution in [0.4, 0.5) is 4.39 Å². The van der Waals surface area contributed by atoms with Gasteiger partial charge < -0.3 is 5.11 Å². The largest absolute Gasteiger partial charge is 0.384 e. The van der Waals surface area contributed by atoms with Crippen molar-refractivity contribution in [2.45, 2.75) is 0 Å². The lowest BCUT2D eigenvalue weighted by Gasteiger charge is -1.93. The molecule has 0 aromatic heterocycles. The number of hydrogen-bond donors (Lipinski definition) is 1. The van der Waals surface area contributed by atoms with Crippen LogP contribution in [0, 0.1) is 17.7 Å². The molecule has 1 nitrogen and oxygen atoms in total. The molecule has 62 valence electrons. The molecule has 0 fully saturated rings. The zero-order valence-corrected chi connectivity index (χ0v) is 6.90. The van der Waals surface area contributed by atoms with Crippen molar-refractivity contribution in [2.75, 3.05) is 6.61 Å². The average molecular weight is 185 g/mol. The van der Waals surface area contributed by atoms with Crippen molar-refractivity contribution in [1.29, 1.82) is 0 Å². The third kappa shape index (κ3) is 2.23. The minimum atomic E-state index is -0.466. The van der Waals surface area contributed by atoms with Crippen LogP contribution in [0.25, 0.3) is 0 Å². The van der Waals surface area contributed by atoms with Gasteiger partial charge in [-0.25, -0.2) is 4.39 Å². The number of aliphatic hydroxyl groups is 1. The van der Waals surface area contributed by atoms with Crippen molar-refractivity contribution in [2.24, 2.45) is 0 Å². The van der Waals surface area contributed by atoms with Crippen LogP contribution in [0.3, 0.4) is 0 Å². The van der Waals surface area contributed by atoms with E-state index in [9.17, 15) is 4.39 Å². The number of hydrogen-bond acceptors (Lipinski definition) is 1. The Labute approximate surface area is 74.8 Å². The highest BCUT2D eigenvalue weighted by molar-refractivity contribution is 6.30. The first kappa shape index (κ1) is 9.05. The Kier molecular flexibility index (Phi) is 3.09. The second-order valence-electron chi connectivity index (χ2n) is 2.09. The lowest BCUT2D eigenvalue weighted by molar-refractivity contribution is 0.350. The van der Waals surface area contributed by atoms with E-state index in [-0.39, 0.29) is 11.6 Å². The first-order valence-corrected chi connectivity index (χ1v) is 3.66. The van der Waals surface area contributed by atoms with Gasteiger partial charge in [-0.05, 0) is 18.2 Å². The highest BCUT2D eigenvalue weighted by Crippen LogP contribution is 2.14. The van der Waals surface area contributed by atoms with E-state index in [2.05, 4.69) is 11.8 Å². The fraction of sp³-hybridized carbons (Fsp3) is 0.111. The van der Waals surface area contributed by atoms with Gasteiger partial charge in [-0.1, -0.05) is 23.4 Å². The van der Waals surface area contributed by atoms with Gasteiger partial charge in [0.05, 0.1) is 5.02 Å². The molecule has 0 saturated heterocycles. The predicted molar refractivity (Wildman–Crippen MR) is 45.4 cm³/mol. The van der Waals surface area contributed by atoms with Crippen LogP contribution in [-0.2, 0) is 0 Å². The molecule has 0 spiro atoms. The zero-order valence-electron chi connectivity index (χ0n) is 6.14. The van der Waals surface area contributed by atoms with Crippen LogP contribution < -0.4 is 0 Å². The molecule has 0 aliphatic rings. The Morgan fingerprint density at radius 3 is 2.83 bits per heavy atom.